The monoisotopic (exact) mass is 745 g/mol. The molecule has 7 rings (SSSR count). The van der Waals surface area contributed by atoms with E-state index in [1.807, 2.05) is 42.1 Å². The van der Waals surface area contributed by atoms with Crippen LogP contribution in [0.3, 0.4) is 0 Å². The van der Waals surface area contributed by atoms with Crippen LogP contribution in [0, 0.1) is 5.82 Å². The molecule has 2 amide bonds. The van der Waals surface area contributed by atoms with Crippen LogP contribution in [-0.2, 0) is 42.1 Å². The Bertz CT molecular complexity index is 2190. The smallest absolute Gasteiger partial charge is 0.251 e. The third kappa shape index (κ3) is 8.92. The molecule has 0 unspecified atom stereocenters. The van der Waals surface area contributed by atoms with Gasteiger partial charge in [0.05, 0.1) is 17.3 Å². The number of fused-ring (bicyclic) bond motifs is 1. The van der Waals surface area contributed by atoms with Crippen molar-refractivity contribution in [3.8, 4) is 11.1 Å². The molecule has 2 aliphatic heterocycles. The maximum absolute atomic E-state index is 15.1. The van der Waals surface area contributed by atoms with E-state index in [2.05, 4.69) is 32.9 Å². The molecule has 0 radical (unpaired) electrons. The Labute approximate surface area is 320 Å². The molecule has 0 aliphatic carbocycles. The number of nitrogens with zero attached hydrogens (tertiary/aromatic N) is 4. The van der Waals surface area contributed by atoms with E-state index in [-0.39, 0.29) is 36.8 Å². The predicted molar refractivity (Wildman–Crippen MR) is 210 cm³/mol. The van der Waals surface area contributed by atoms with E-state index in [1.165, 1.54) is 6.07 Å². The normalized spacial score (nSPS) is 15.3. The zero-order valence-corrected chi connectivity index (χ0v) is 31.5. The third-order valence-corrected chi connectivity index (χ3v) is 10.5. The lowest BCUT2D eigenvalue weighted by Crippen LogP contribution is -2.33. The van der Waals surface area contributed by atoms with Crippen LogP contribution >= 0.6 is 0 Å². The summed E-state index contributed by atoms with van der Waals surface area (Å²) in [6.07, 6.45) is 5.42. The van der Waals surface area contributed by atoms with Gasteiger partial charge in [0.25, 0.3) is 11.8 Å². The molecule has 0 atom stereocenters. The number of benzene rings is 3. The fourth-order valence-corrected chi connectivity index (χ4v) is 7.42. The van der Waals surface area contributed by atoms with Crippen LogP contribution < -0.4 is 16.0 Å². The molecule has 0 bridgehead atoms. The molecular weight excluding hydrogens is 698 g/mol. The minimum Gasteiger partial charge on any atom is -0.381 e. The van der Waals surface area contributed by atoms with Crippen molar-refractivity contribution < 1.29 is 23.5 Å². The highest BCUT2D eigenvalue weighted by Crippen LogP contribution is 2.31. The number of aryl methyl sites for hydroxylation is 2. The number of piperidine rings is 1. The number of hydrogen-bond donors (Lipinski definition) is 3. The average Bonchev–Trinajstić information content (AvgIpc) is 3.64. The fraction of sp³-hybridized carbons (Fsp3) is 0.372. The van der Waals surface area contributed by atoms with Crippen molar-refractivity contribution in [1.29, 1.82) is 0 Å². The number of carbonyl (C=O) groups is 3. The second-order valence-corrected chi connectivity index (χ2v) is 14.3. The predicted octanol–water partition coefficient (Wildman–Crippen LogP) is 6.44. The van der Waals surface area contributed by atoms with Crippen LogP contribution in [-0.4, -0.2) is 69.6 Å². The number of aromatic nitrogens is 3. The van der Waals surface area contributed by atoms with Crippen LogP contribution in [0.5, 0.6) is 0 Å². The van der Waals surface area contributed by atoms with Crippen molar-refractivity contribution in [3.05, 3.63) is 112 Å². The van der Waals surface area contributed by atoms with E-state index in [9.17, 15) is 14.4 Å². The summed E-state index contributed by atoms with van der Waals surface area (Å²) in [4.78, 5) is 45.8. The van der Waals surface area contributed by atoms with E-state index < -0.39 is 0 Å². The van der Waals surface area contributed by atoms with Gasteiger partial charge < -0.3 is 20.7 Å². The quantitative estimate of drug-likeness (QED) is 0.126. The number of rotatable bonds is 13. The van der Waals surface area contributed by atoms with E-state index in [0.717, 1.165) is 70.6 Å². The maximum Gasteiger partial charge on any atom is 0.251 e. The maximum atomic E-state index is 15.1. The minimum absolute atomic E-state index is 0.177. The Morgan fingerprint density at radius 2 is 1.62 bits per heavy atom. The van der Waals surface area contributed by atoms with Crippen LogP contribution in [0.15, 0.2) is 72.9 Å². The molecule has 2 aromatic heterocycles. The second-order valence-electron chi connectivity index (χ2n) is 14.3. The standard InChI is InChI=1S/C43H48FN7O4/c1-3-39-36(40(48-33-15-19-55-20-16-33)37-26-47-51(4-2)41(37)49-39)25-46-43(54)32-10-6-9-31(23-32)42(53)45-24-28-11-12-38(44)35(22-28)30-8-5-7-29(21-30)27-50-17-13-34(52)14-18-50/h5-12,21-23,26,33H,3-4,13-20,24-25,27H2,1-2H3,(H,45,53)(H,46,54)(H,48,49). The Kier molecular flexibility index (Phi) is 11.9. The van der Waals surface area contributed by atoms with Gasteiger partial charge in [0, 0.05) is 99.3 Å². The number of carbonyl (C=O) groups excluding carboxylic acids is 3. The first kappa shape index (κ1) is 37.8. The molecule has 11 nitrogen and oxygen atoms in total. The minimum atomic E-state index is -0.348. The van der Waals surface area contributed by atoms with Crippen molar-refractivity contribution in [2.24, 2.45) is 0 Å². The number of Topliss-reactive ketones (excluding diaryl/α,β-unsaturated/α-hetero) is 1. The molecule has 12 heteroatoms. The summed E-state index contributed by atoms with van der Waals surface area (Å²) in [5.74, 6) is -0.704. The average molecular weight is 746 g/mol. The molecule has 3 N–H and O–H groups in total. The molecule has 286 valence electrons. The molecule has 55 heavy (non-hydrogen) atoms. The summed E-state index contributed by atoms with van der Waals surface area (Å²) < 4.78 is 22.6. The van der Waals surface area contributed by atoms with Gasteiger partial charge in [0.2, 0.25) is 0 Å². The number of ketones is 1. The fourth-order valence-electron chi connectivity index (χ4n) is 7.42. The zero-order chi connectivity index (χ0) is 38.3. The summed E-state index contributed by atoms with van der Waals surface area (Å²) in [5.41, 5.74) is 7.26. The Balaban J connectivity index is 1.02. The van der Waals surface area contributed by atoms with Crippen molar-refractivity contribution >= 4 is 34.3 Å². The number of ether oxygens (including phenoxy) is 1. The number of likely N-dealkylation sites (tertiary alicyclic amines) is 1. The number of anilines is 1. The van der Waals surface area contributed by atoms with Gasteiger partial charge in [-0.25, -0.2) is 14.1 Å². The first-order valence-corrected chi connectivity index (χ1v) is 19.3. The van der Waals surface area contributed by atoms with E-state index >= 15 is 4.39 Å². The van der Waals surface area contributed by atoms with Crippen LogP contribution in [0.2, 0.25) is 0 Å². The molecule has 4 heterocycles. The molecule has 0 spiro atoms. The second kappa shape index (κ2) is 17.3. The number of amides is 2. The number of pyridine rings is 1. The zero-order valence-electron chi connectivity index (χ0n) is 31.5. The molecule has 2 saturated heterocycles. The van der Waals surface area contributed by atoms with Crippen molar-refractivity contribution in [3.63, 3.8) is 0 Å². The highest BCUT2D eigenvalue weighted by atomic mass is 19.1. The SMILES string of the molecule is CCc1nc2c(cnn2CC)c(NC2CCOCC2)c1CNC(=O)c1cccc(C(=O)NCc2ccc(F)c(-c3cccc(CN4CCC(=O)CC4)c3)c2)c1. The van der Waals surface area contributed by atoms with Crippen molar-refractivity contribution in [1.82, 2.24) is 30.3 Å². The summed E-state index contributed by atoms with van der Waals surface area (Å²) >= 11 is 0. The van der Waals surface area contributed by atoms with E-state index in [4.69, 9.17) is 9.72 Å². The molecule has 0 saturated carbocycles. The molecule has 2 fully saturated rings. The van der Waals surface area contributed by atoms with Gasteiger partial charge in [-0.05, 0) is 79.3 Å². The van der Waals surface area contributed by atoms with E-state index in [0.29, 0.717) is 68.0 Å². The van der Waals surface area contributed by atoms with Gasteiger partial charge >= 0.3 is 0 Å². The summed E-state index contributed by atoms with van der Waals surface area (Å²) in [7, 11) is 0. The summed E-state index contributed by atoms with van der Waals surface area (Å²) in [6, 6.07) is 19.5. The van der Waals surface area contributed by atoms with Crippen molar-refractivity contribution in [2.75, 3.05) is 31.6 Å². The Morgan fingerprint density at radius 1 is 0.891 bits per heavy atom. The van der Waals surface area contributed by atoms with Crippen molar-refractivity contribution in [2.45, 2.75) is 78.2 Å². The molecule has 5 aromatic rings. The number of halogens is 1. The van der Waals surface area contributed by atoms with Gasteiger partial charge in [0.1, 0.15) is 11.6 Å². The lowest BCUT2D eigenvalue weighted by atomic mass is 9.99. The van der Waals surface area contributed by atoms with Gasteiger partial charge in [0.15, 0.2) is 5.65 Å². The highest BCUT2D eigenvalue weighted by molar-refractivity contribution is 6.00. The Hall–Kier alpha value is -5.46. The topological polar surface area (TPSA) is 130 Å². The molecule has 2 aliphatic rings. The molecular formula is C43H48FN7O4. The number of hydrogen-bond acceptors (Lipinski definition) is 8. The van der Waals surface area contributed by atoms with Gasteiger partial charge in [-0.3, -0.25) is 19.3 Å². The third-order valence-electron chi connectivity index (χ3n) is 10.5. The van der Waals surface area contributed by atoms with E-state index in [1.54, 1.807) is 36.4 Å². The number of nitrogens with one attached hydrogen (secondary N) is 3. The van der Waals surface area contributed by atoms with Crippen LogP contribution in [0.1, 0.15) is 82.6 Å². The molecule has 3 aromatic carbocycles. The van der Waals surface area contributed by atoms with Gasteiger partial charge in [-0.2, -0.15) is 5.10 Å². The first-order chi connectivity index (χ1) is 26.8. The lowest BCUT2D eigenvalue weighted by Gasteiger charge is -2.26. The Morgan fingerprint density at radius 3 is 2.35 bits per heavy atom. The summed E-state index contributed by atoms with van der Waals surface area (Å²) in [5, 5.41) is 15.2. The van der Waals surface area contributed by atoms with Crippen LogP contribution in [0.25, 0.3) is 22.2 Å². The highest BCUT2D eigenvalue weighted by Gasteiger charge is 2.23. The van der Waals surface area contributed by atoms with Gasteiger partial charge in [-0.15, -0.1) is 0 Å². The summed E-state index contributed by atoms with van der Waals surface area (Å²) in [6.45, 7) is 8.77. The lowest BCUT2D eigenvalue weighted by molar-refractivity contribution is -0.121. The first-order valence-electron chi connectivity index (χ1n) is 19.3. The largest absolute Gasteiger partial charge is 0.381 e. The van der Waals surface area contributed by atoms with Gasteiger partial charge in [-0.1, -0.05) is 37.3 Å². The van der Waals surface area contributed by atoms with Crippen LogP contribution in [0.4, 0.5) is 10.1 Å².